The maximum Gasteiger partial charge on any atom is 0.167 e. The number of para-hydroxylation sites is 3. The second-order valence-corrected chi connectivity index (χ2v) is 17.9. The predicted molar refractivity (Wildman–Crippen MR) is 283 cm³/mol. The van der Waals surface area contributed by atoms with Crippen molar-refractivity contribution in [2.45, 2.75) is 0 Å². The maximum absolute atomic E-state index is 7.18. The van der Waals surface area contributed by atoms with Gasteiger partial charge in [0.1, 0.15) is 22.3 Å². The number of benzene rings is 11. The summed E-state index contributed by atoms with van der Waals surface area (Å²) in [5, 5.41) is 13.5. The van der Waals surface area contributed by atoms with Gasteiger partial charge >= 0.3 is 0 Å². The lowest BCUT2D eigenvalue weighted by Gasteiger charge is -2.13. The van der Waals surface area contributed by atoms with Gasteiger partial charge < -0.3 is 13.4 Å². The molecule has 11 aromatic carbocycles. The highest BCUT2D eigenvalue weighted by molar-refractivity contribution is 6.24. The van der Waals surface area contributed by atoms with Crippen LogP contribution in [0.25, 0.3) is 149 Å². The average molecular weight is 881 g/mol. The summed E-state index contributed by atoms with van der Waals surface area (Å²) in [4.78, 5) is 15.8. The zero-order chi connectivity index (χ0) is 45.2. The molecule has 0 aliphatic heterocycles. The summed E-state index contributed by atoms with van der Waals surface area (Å²) in [6.07, 6.45) is 0. The molecule has 0 bridgehead atoms. The van der Waals surface area contributed by atoms with Gasteiger partial charge in [0.15, 0.2) is 17.5 Å². The number of aromatic nitrogens is 4. The van der Waals surface area contributed by atoms with E-state index in [4.69, 9.17) is 23.8 Å². The van der Waals surface area contributed by atoms with Crippen LogP contribution < -0.4 is 0 Å². The normalized spacial score (nSPS) is 12.1. The molecule has 0 radical (unpaired) electrons. The van der Waals surface area contributed by atoms with Crippen molar-refractivity contribution in [2.75, 3.05) is 0 Å². The van der Waals surface area contributed by atoms with Crippen LogP contribution in [-0.4, -0.2) is 19.5 Å². The first kappa shape index (κ1) is 37.8. The highest BCUT2D eigenvalue weighted by Crippen LogP contribution is 2.45. The van der Waals surface area contributed by atoms with Crippen LogP contribution in [0, 0.1) is 0 Å². The van der Waals surface area contributed by atoms with Crippen LogP contribution in [0.1, 0.15) is 0 Å². The summed E-state index contributed by atoms with van der Waals surface area (Å²) >= 11 is 0. The summed E-state index contributed by atoms with van der Waals surface area (Å²) in [6, 6.07) is 76.9. The SMILES string of the molecule is c1ccc(-c2ccc(-c3nc(-c4cccc5c4oc4ccccc45)nc(-c4cccc5c4oc4cc(-n6c7cc8ccccc8cc7c7cc8ccccc8cc76)c6ccccc6c45)n3)cc2)cc1. The van der Waals surface area contributed by atoms with Gasteiger partial charge in [0, 0.05) is 49.3 Å². The van der Waals surface area contributed by atoms with Crippen LogP contribution >= 0.6 is 0 Å². The van der Waals surface area contributed by atoms with Crippen LogP contribution in [0.4, 0.5) is 0 Å². The Balaban J connectivity index is 0.979. The zero-order valence-corrected chi connectivity index (χ0v) is 36.9. The van der Waals surface area contributed by atoms with E-state index in [1.54, 1.807) is 0 Å². The van der Waals surface area contributed by atoms with Crippen LogP contribution in [0.15, 0.2) is 227 Å². The largest absolute Gasteiger partial charge is 0.455 e. The minimum absolute atomic E-state index is 0.505. The Morgan fingerprint density at radius 2 is 0.783 bits per heavy atom. The topological polar surface area (TPSA) is 69.9 Å². The second kappa shape index (κ2) is 14.6. The standard InChI is InChI=1S/C63H36N4O2/c1-2-14-37(15-3-1)38-28-30-39(31-29-38)61-64-62(49-25-12-23-47-45-21-10-11-27-56(45)68-59(47)49)66-63(65-61)50-26-13-24-48-58-46-22-9-8-20-44(46)55(36-57(58)69-60(48)50)67-53-34-42-18-6-4-16-40(42)32-51(53)52-33-41-17-5-7-19-43(41)35-54(52)67/h1-36H. The third-order valence-corrected chi connectivity index (χ3v) is 14.0. The highest BCUT2D eigenvalue weighted by atomic mass is 16.3. The van der Waals surface area contributed by atoms with E-state index >= 15 is 0 Å². The van der Waals surface area contributed by atoms with Gasteiger partial charge in [-0.25, -0.2) is 15.0 Å². The first-order chi connectivity index (χ1) is 34.2. The van der Waals surface area contributed by atoms with Gasteiger partial charge in [-0.1, -0.05) is 170 Å². The molecule has 6 heteroatoms. The van der Waals surface area contributed by atoms with Crippen LogP contribution in [0.3, 0.4) is 0 Å². The van der Waals surface area contributed by atoms with E-state index in [1.165, 1.54) is 32.3 Å². The molecule has 0 amide bonds. The quantitative estimate of drug-likeness (QED) is 0.172. The number of fused-ring (bicyclic) bond motifs is 13. The van der Waals surface area contributed by atoms with E-state index in [0.29, 0.717) is 23.1 Å². The van der Waals surface area contributed by atoms with E-state index < -0.39 is 0 Å². The van der Waals surface area contributed by atoms with Gasteiger partial charge in [-0.3, -0.25) is 0 Å². The Kier molecular flexibility index (Phi) is 7.97. The molecule has 0 saturated heterocycles. The summed E-state index contributed by atoms with van der Waals surface area (Å²) in [7, 11) is 0. The number of rotatable bonds is 5. The fourth-order valence-electron chi connectivity index (χ4n) is 10.8. The highest BCUT2D eigenvalue weighted by Gasteiger charge is 2.24. The van der Waals surface area contributed by atoms with Gasteiger partial charge in [-0.2, -0.15) is 0 Å². The molecule has 0 aliphatic carbocycles. The summed E-state index contributed by atoms with van der Waals surface area (Å²) in [5.74, 6) is 1.57. The monoisotopic (exact) mass is 880 g/mol. The number of hydrogen-bond acceptors (Lipinski definition) is 5. The first-order valence-electron chi connectivity index (χ1n) is 23.2. The molecule has 0 saturated carbocycles. The van der Waals surface area contributed by atoms with E-state index in [0.717, 1.165) is 93.6 Å². The number of furan rings is 2. The molecule has 0 atom stereocenters. The van der Waals surface area contributed by atoms with Crippen molar-refractivity contribution in [1.29, 1.82) is 0 Å². The van der Waals surface area contributed by atoms with Crippen molar-refractivity contribution in [2.24, 2.45) is 0 Å². The summed E-state index contributed by atoms with van der Waals surface area (Å²) in [6.45, 7) is 0. The molecular weight excluding hydrogens is 845 g/mol. The van der Waals surface area contributed by atoms with Crippen LogP contribution in [0.2, 0.25) is 0 Å². The molecule has 15 rings (SSSR count). The summed E-state index contributed by atoms with van der Waals surface area (Å²) in [5.41, 5.74) is 11.0. The molecule has 4 heterocycles. The van der Waals surface area contributed by atoms with E-state index in [-0.39, 0.29) is 0 Å². The van der Waals surface area contributed by atoms with Gasteiger partial charge in [0.05, 0.1) is 27.8 Å². The Hall–Kier alpha value is -9.39. The van der Waals surface area contributed by atoms with E-state index in [2.05, 4.69) is 187 Å². The molecule has 0 N–H and O–H groups in total. The summed E-state index contributed by atoms with van der Waals surface area (Å²) < 4.78 is 16.2. The van der Waals surface area contributed by atoms with Gasteiger partial charge in [-0.15, -0.1) is 0 Å². The van der Waals surface area contributed by atoms with E-state index in [1.807, 2.05) is 36.4 Å². The second-order valence-electron chi connectivity index (χ2n) is 17.9. The minimum Gasteiger partial charge on any atom is -0.455 e. The van der Waals surface area contributed by atoms with Gasteiger partial charge in [-0.05, 0) is 80.5 Å². The lowest BCUT2D eigenvalue weighted by Crippen LogP contribution is -2.00. The molecule has 0 aliphatic rings. The lowest BCUT2D eigenvalue weighted by atomic mass is 10.0. The fourth-order valence-corrected chi connectivity index (χ4v) is 10.8. The number of nitrogens with zero attached hydrogens (tertiary/aromatic N) is 4. The zero-order valence-electron chi connectivity index (χ0n) is 36.9. The van der Waals surface area contributed by atoms with Crippen molar-refractivity contribution in [3.8, 4) is 51.0 Å². The lowest BCUT2D eigenvalue weighted by molar-refractivity contribution is 0.669. The van der Waals surface area contributed by atoms with Gasteiger partial charge in [0.25, 0.3) is 0 Å². The van der Waals surface area contributed by atoms with E-state index in [9.17, 15) is 0 Å². The molecule has 0 unspecified atom stereocenters. The van der Waals surface area contributed by atoms with Crippen molar-refractivity contribution < 1.29 is 8.83 Å². The van der Waals surface area contributed by atoms with Crippen molar-refractivity contribution in [1.82, 2.24) is 19.5 Å². The van der Waals surface area contributed by atoms with Crippen LogP contribution in [0.5, 0.6) is 0 Å². The Morgan fingerprint density at radius 1 is 0.304 bits per heavy atom. The van der Waals surface area contributed by atoms with Gasteiger partial charge in [0.2, 0.25) is 0 Å². The van der Waals surface area contributed by atoms with Crippen molar-refractivity contribution >= 4 is 98.0 Å². The molecule has 320 valence electrons. The van der Waals surface area contributed by atoms with Crippen molar-refractivity contribution in [3.05, 3.63) is 218 Å². The molecule has 69 heavy (non-hydrogen) atoms. The third-order valence-electron chi connectivity index (χ3n) is 14.0. The fraction of sp³-hybridized carbons (Fsp3) is 0. The molecular formula is C63H36N4O2. The molecule has 0 fully saturated rings. The maximum atomic E-state index is 7.18. The first-order valence-corrected chi connectivity index (χ1v) is 23.2. The number of hydrogen-bond donors (Lipinski definition) is 0. The Labute approximate surface area is 394 Å². The Bertz CT molecular complexity index is 4510. The molecule has 4 aromatic heterocycles. The Morgan fingerprint density at radius 3 is 1.45 bits per heavy atom. The molecule has 15 aromatic rings. The van der Waals surface area contributed by atoms with Crippen LogP contribution in [-0.2, 0) is 0 Å². The minimum atomic E-state index is 0.505. The van der Waals surface area contributed by atoms with Crippen molar-refractivity contribution in [3.63, 3.8) is 0 Å². The predicted octanol–water partition coefficient (Wildman–Crippen LogP) is 16.9. The average Bonchev–Trinajstić information content (AvgIpc) is 4.08. The molecule has 6 nitrogen and oxygen atoms in total. The smallest absolute Gasteiger partial charge is 0.167 e. The molecule has 0 spiro atoms. The third kappa shape index (κ3) is 5.76.